The molecule has 1 aromatic heterocycles. The Balaban J connectivity index is 1.50. The van der Waals surface area contributed by atoms with Gasteiger partial charge in [-0.2, -0.15) is 5.10 Å². The Hall–Kier alpha value is -1.66. The predicted octanol–water partition coefficient (Wildman–Crippen LogP) is 1.76. The average molecular weight is 331 g/mol. The fraction of sp³-hybridized carbons (Fsp3) is 0.667. The van der Waals surface area contributed by atoms with Gasteiger partial charge in [0.25, 0.3) is 5.91 Å². The number of allylic oxidation sites excluding steroid dienone is 2. The van der Waals surface area contributed by atoms with Crippen molar-refractivity contribution in [3.05, 3.63) is 29.6 Å². The molecule has 1 amide bonds. The molecule has 1 aromatic rings. The van der Waals surface area contributed by atoms with Crippen molar-refractivity contribution >= 4 is 5.91 Å². The molecule has 6 nitrogen and oxygen atoms in total. The summed E-state index contributed by atoms with van der Waals surface area (Å²) in [7, 11) is 1.86. The lowest BCUT2D eigenvalue weighted by molar-refractivity contribution is -0.0593. The van der Waals surface area contributed by atoms with Gasteiger partial charge >= 0.3 is 0 Å². The maximum absolute atomic E-state index is 13.0. The molecule has 0 unspecified atom stereocenters. The van der Waals surface area contributed by atoms with Crippen LogP contribution in [0.1, 0.15) is 29.0 Å². The molecular weight excluding hydrogens is 306 g/mol. The SMILES string of the molecule is Cc1cc(C(=O)N(CC2OCCO2)C[C@@H]2C[C@H]3C=C[C@H]2C3)nn1C. The average Bonchev–Trinajstić information content (AvgIpc) is 3.33. The van der Waals surface area contributed by atoms with Crippen molar-refractivity contribution in [1.82, 2.24) is 14.7 Å². The zero-order valence-electron chi connectivity index (χ0n) is 14.4. The topological polar surface area (TPSA) is 56.6 Å². The second kappa shape index (κ2) is 6.33. The van der Waals surface area contributed by atoms with Crippen molar-refractivity contribution in [2.45, 2.75) is 26.1 Å². The van der Waals surface area contributed by atoms with Gasteiger partial charge in [-0.3, -0.25) is 9.48 Å². The van der Waals surface area contributed by atoms with Crippen molar-refractivity contribution in [2.75, 3.05) is 26.3 Å². The number of hydrogen-bond acceptors (Lipinski definition) is 4. The van der Waals surface area contributed by atoms with Gasteiger partial charge in [-0.1, -0.05) is 12.2 Å². The molecule has 0 N–H and O–H groups in total. The van der Waals surface area contributed by atoms with E-state index in [-0.39, 0.29) is 12.2 Å². The first-order chi connectivity index (χ1) is 11.6. The van der Waals surface area contributed by atoms with Crippen molar-refractivity contribution in [1.29, 1.82) is 0 Å². The standard InChI is InChI=1S/C18H25N3O3/c1-12-7-16(19-20(12)2)18(22)21(11-17-23-5-6-24-17)10-15-9-13-3-4-14(15)8-13/h3-4,7,13-15,17H,5-6,8-11H2,1-2H3/t13-,14-,15-/m0/s1. The van der Waals surface area contributed by atoms with E-state index >= 15 is 0 Å². The van der Waals surface area contributed by atoms with Gasteiger partial charge < -0.3 is 14.4 Å². The van der Waals surface area contributed by atoms with E-state index < -0.39 is 0 Å². The third-order valence-electron chi connectivity index (χ3n) is 5.55. The summed E-state index contributed by atoms with van der Waals surface area (Å²) in [5.41, 5.74) is 1.49. The number of rotatable bonds is 5. The van der Waals surface area contributed by atoms with E-state index in [1.54, 1.807) is 4.68 Å². The van der Waals surface area contributed by atoms with Gasteiger partial charge in [0.05, 0.1) is 19.8 Å². The lowest BCUT2D eigenvalue weighted by Crippen LogP contribution is -2.42. The van der Waals surface area contributed by atoms with Gasteiger partial charge in [0.2, 0.25) is 0 Å². The number of carbonyl (C=O) groups excluding carboxylic acids is 1. The van der Waals surface area contributed by atoms with Crippen molar-refractivity contribution in [3.63, 3.8) is 0 Å². The minimum Gasteiger partial charge on any atom is -0.348 e. The van der Waals surface area contributed by atoms with E-state index in [0.717, 1.165) is 12.2 Å². The fourth-order valence-corrected chi connectivity index (χ4v) is 4.15. The zero-order valence-corrected chi connectivity index (χ0v) is 14.4. The first-order valence-corrected chi connectivity index (χ1v) is 8.81. The summed E-state index contributed by atoms with van der Waals surface area (Å²) in [4.78, 5) is 14.9. The van der Waals surface area contributed by atoms with Crippen molar-refractivity contribution < 1.29 is 14.3 Å². The van der Waals surface area contributed by atoms with Crippen molar-refractivity contribution in [3.8, 4) is 0 Å². The Morgan fingerprint density at radius 3 is 2.67 bits per heavy atom. The van der Waals surface area contributed by atoms with Crippen LogP contribution in [0.3, 0.4) is 0 Å². The molecule has 0 spiro atoms. The molecule has 2 bridgehead atoms. The Bertz CT molecular complexity index is 628. The first-order valence-electron chi connectivity index (χ1n) is 8.81. The summed E-state index contributed by atoms with van der Waals surface area (Å²) in [5, 5.41) is 4.36. The molecule has 4 rings (SSSR count). The van der Waals surface area contributed by atoms with Crippen LogP contribution in [-0.2, 0) is 16.5 Å². The Morgan fingerprint density at radius 1 is 1.29 bits per heavy atom. The molecule has 2 aliphatic carbocycles. The predicted molar refractivity (Wildman–Crippen MR) is 88.4 cm³/mol. The van der Waals surface area contributed by atoms with Crippen LogP contribution in [0.2, 0.25) is 0 Å². The molecule has 3 aliphatic rings. The fourth-order valence-electron chi connectivity index (χ4n) is 4.15. The normalized spacial score (nSPS) is 28.8. The number of nitrogens with zero attached hydrogens (tertiary/aromatic N) is 3. The van der Waals surface area contributed by atoms with Gasteiger partial charge in [-0.05, 0) is 43.6 Å². The number of aromatic nitrogens is 2. The monoisotopic (exact) mass is 331 g/mol. The molecule has 3 atom stereocenters. The van der Waals surface area contributed by atoms with Crippen LogP contribution in [0.25, 0.3) is 0 Å². The molecule has 1 saturated carbocycles. The third kappa shape index (κ3) is 3.00. The summed E-state index contributed by atoms with van der Waals surface area (Å²) < 4.78 is 12.9. The van der Waals surface area contributed by atoms with E-state index in [1.807, 2.05) is 24.9 Å². The maximum Gasteiger partial charge on any atom is 0.274 e. The number of ether oxygens (including phenoxy) is 2. The molecule has 6 heteroatoms. The second-order valence-corrected chi connectivity index (χ2v) is 7.22. The number of hydrogen-bond donors (Lipinski definition) is 0. The Kier molecular flexibility index (Phi) is 4.18. The molecule has 0 aromatic carbocycles. The summed E-state index contributed by atoms with van der Waals surface area (Å²) in [6.45, 7) is 4.39. The van der Waals surface area contributed by atoms with Crippen LogP contribution < -0.4 is 0 Å². The zero-order chi connectivity index (χ0) is 16.7. The molecule has 24 heavy (non-hydrogen) atoms. The minimum atomic E-state index is -0.312. The van der Waals surface area contributed by atoms with E-state index in [0.29, 0.717) is 43.2 Å². The largest absolute Gasteiger partial charge is 0.348 e. The maximum atomic E-state index is 13.0. The van der Waals surface area contributed by atoms with E-state index in [2.05, 4.69) is 17.3 Å². The molecule has 2 heterocycles. The quantitative estimate of drug-likeness (QED) is 0.772. The molecule has 130 valence electrons. The highest BCUT2D eigenvalue weighted by atomic mass is 16.7. The summed E-state index contributed by atoms with van der Waals surface area (Å²) >= 11 is 0. The highest BCUT2D eigenvalue weighted by Crippen LogP contribution is 2.43. The van der Waals surface area contributed by atoms with Gasteiger partial charge in [0.1, 0.15) is 0 Å². The summed E-state index contributed by atoms with van der Waals surface area (Å²) in [6.07, 6.45) is 6.77. The number of amides is 1. The lowest BCUT2D eigenvalue weighted by atomic mass is 9.93. The molecule has 2 fully saturated rings. The van der Waals surface area contributed by atoms with E-state index in [9.17, 15) is 4.79 Å². The van der Waals surface area contributed by atoms with Crippen LogP contribution in [0, 0.1) is 24.7 Å². The third-order valence-corrected chi connectivity index (χ3v) is 5.55. The van der Waals surface area contributed by atoms with E-state index in [4.69, 9.17) is 9.47 Å². The van der Waals surface area contributed by atoms with Gasteiger partial charge in [0.15, 0.2) is 12.0 Å². The van der Waals surface area contributed by atoms with Crippen molar-refractivity contribution in [2.24, 2.45) is 24.8 Å². The molecule has 1 saturated heterocycles. The van der Waals surface area contributed by atoms with Crippen LogP contribution in [0.4, 0.5) is 0 Å². The van der Waals surface area contributed by atoms with E-state index in [1.165, 1.54) is 12.8 Å². The Morgan fingerprint density at radius 2 is 2.08 bits per heavy atom. The van der Waals surface area contributed by atoms with Crippen LogP contribution in [-0.4, -0.2) is 53.2 Å². The van der Waals surface area contributed by atoms with Gasteiger partial charge in [0, 0.05) is 19.3 Å². The van der Waals surface area contributed by atoms with Crippen LogP contribution in [0.5, 0.6) is 0 Å². The molecule has 1 aliphatic heterocycles. The highest BCUT2D eigenvalue weighted by molar-refractivity contribution is 5.92. The molecule has 0 radical (unpaired) electrons. The molecular formula is C18H25N3O3. The number of carbonyl (C=O) groups is 1. The Labute approximate surface area is 142 Å². The highest BCUT2D eigenvalue weighted by Gasteiger charge is 2.38. The second-order valence-electron chi connectivity index (χ2n) is 7.22. The number of aryl methyl sites for hydroxylation is 2. The number of fused-ring (bicyclic) bond motifs is 2. The van der Waals surface area contributed by atoms with Gasteiger partial charge in [-0.15, -0.1) is 0 Å². The first kappa shape index (κ1) is 15.8. The summed E-state index contributed by atoms with van der Waals surface area (Å²) in [5.74, 6) is 1.83. The summed E-state index contributed by atoms with van der Waals surface area (Å²) in [6, 6.07) is 1.85. The lowest BCUT2D eigenvalue weighted by Gasteiger charge is -2.29. The van der Waals surface area contributed by atoms with Gasteiger partial charge in [-0.25, -0.2) is 0 Å². The smallest absolute Gasteiger partial charge is 0.274 e. The van der Waals surface area contributed by atoms with Crippen LogP contribution in [0.15, 0.2) is 18.2 Å². The minimum absolute atomic E-state index is 0.0236. The van der Waals surface area contributed by atoms with Crippen LogP contribution >= 0.6 is 0 Å².